The van der Waals surface area contributed by atoms with Crippen molar-refractivity contribution in [2.75, 3.05) is 19.0 Å². The van der Waals surface area contributed by atoms with Gasteiger partial charge in [0.2, 0.25) is 0 Å². The molecule has 0 fully saturated rings. The molecule has 0 aliphatic heterocycles. The molecule has 2 nitrogen and oxygen atoms in total. The molecule has 0 aromatic heterocycles. The normalized spacial score (nSPS) is 12.7. The quantitative estimate of drug-likeness (QED) is 0.674. The van der Waals surface area contributed by atoms with Gasteiger partial charge in [0.15, 0.2) is 0 Å². The molecule has 0 radical (unpaired) electrons. The summed E-state index contributed by atoms with van der Waals surface area (Å²) in [6, 6.07) is 21.0. The topological polar surface area (TPSA) is 23.5 Å². The van der Waals surface area contributed by atoms with Crippen LogP contribution in [0.3, 0.4) is 0 Å². The Morgan fingerprint density at radius 1 is 0.792 bits per heavy atom. The standard InChI is InChI=1S/C22H23NO/c1-16(24)19-10-11-20-14-18(6-9-21(20)15-19)5-4-17-7-12-22(13-8-17)23(2)3/h4-16,24H,1-3H3/b5-4+. The van der Waals surface area contributed by atoms with Gasteiger partial charge >= 0.3 is 0 Å². The zero-order chi connectivity index (χ0) is 17.1. The molecule has 24 heavy (non-hydrogen) atoms. The van der Waals surface area contributed by atoms with Gasteiger partial charge in [-0.05, 0) is 58.7 Å². The summed E-state index contributed by atoms with van der Waals surface area (Å²) in [5.41, 5.74) is 4.51. The Labute approximate surface area is 143 Å². The summed E-state index contributed by atoms with van der Waals surface area (Å²) in [5, 5.41) is 12.0. The number of fused-ring (bicyclic) bond motifs is 1. The molecule has 2 heteroatoms. The van der Waals surface area contributed by atoms with E-state index in [0.717, 1.165) is 10.9 Å². The number of benzene rings is 3. The van der Waals surface area contributed by atoms with Crippen LogP contribution in [0.25, 0.3) is 22.9 Å². The molecule has 0 saturated heterocycles. The molecule has 3 aromatic rings. The number of hydrogen-bond donors (Lipinski definition) is 1. The number of hydrogen-bond acceptors (Lipinski definition) is 2. The summed E-state index contributed by atoms with van der Waals surface area (Å²) in [6.07, 6.45) is 3.83. The van der Waals surface area contributed by atoms with Crippen molar-refractivity contribution in [2.24, 2.45) is 0 Å². The van der Waals surface area contributed by atoms with E-state index in [2.05, 4.69) is 65.6 Å². The Morgan fingerprint density at radius 2 is 1.38 bits per heavy atom. The lowest BCUT2D eigenvalue weighted by molar-refractivity contribution is 0.199. The van der Waals surface area contributed by atoms with E-state index in [0.29, 0.717) is 0 Å². The van der Waals surface area contributed by atoms with E-state index >= 15 is 0 Å². The molecule has 3 aromatic carbocycles. The van der Waals surface area contributed by atoms with Gasteiger partial charge in [0.25, 0.3) is 0 Å². The van der Waals surface area contributed by atoms with Gasteiger partial charge in [0, 0.05) is 19.8 Å². The zero-order valence-electron chi connectivity index (χ0n) is 14.4. The van der Waals surface area contributed by atoms with E-state index in [1.54, 1.807) is 6.92 Å². The Hall–Kier alpha value is -2.58. The number of aliphatic hydroxyl groups excluding tert-OH is 1. The number of aliphatic hydroxyl groups is 1. The largest absolute Gasteiger partial charge is 0.389 e. The van der Waals surface area contributed by atoms with Crippen LogP contribution in [0.1, 0.15) is 29.7 Å². The van der Waals surface area contributed by atoms with Crippen molar-refractivity contribution in [1.29, 1.82) is 0 Å². The van der Waals surface area contributed by atoms with E-state index in [-0.39, 0.29) is 0 Å². The second kappa shape index (κ2) is 6.90. The molecule has 3 rings (SSSR count). The van der Waals surface area contributed by atoms with Crippen LogP contribution in [0.5, 0.6) is 0 Å². The number of rotatable bonds is 4. The third-order valence-electron chi connectivity index (χ3n) is 4.25. The number of anilines is 1. The molecule has 1 unspecified atom stereocenters. The summed E-state index contributed by atoms with van der Waals surface area (Å²) in [4.78, 5) is 2.10. The highest BCUT2D eigenvalue weighted by atomic mass is 16.3. The Balaban J connectivity index is 1.83. The molecule has 0 aliphatic rings. The van der Waals surface area contributed by atoms with Crippen LogP contribution in [0, 0.1) is 0 Å². The smallest absolute Gasteiger partial charge is 0.0762 e. The van der Waals surface area contributed by atoms with Gasteiger partial charge in [0.05, 0.1) is 6.10 Å². The van der Waals surface area contributed by atoms with E-state index in [4.69, 9.17) is 0 Å². The molecule has 0 bridgehead atoms. The summed E-state index contributed by atoms with van der Waals surface area (Å²) in [7, 11) is 4.09. The van der Waals surface area contributed by atoms with Crippen molar-refractivity contribution in [2.45, 2.75) is 13.0 Å². The Morgan fingerprint density at radius 3 is 2.04 bits per heavy atom. The van der Waals surface area contributed by atoms with Crippen LogP contribution in [0.2, 0.25) is 0 Å². The van der Waals surface area contributed by atoms with Gasteiger partial charge in [-0.2, -0.15) is 0 Å². The van der Waals surface area contributed by atoms with Crippen molar-refractivity contribution in [3.8, 4) is 0 Å². The lowest BCUT2D eigenvalue weighted by Gasteiger charge is -2.11. The van der Waals surface area contributed by atoms with Crippen LogP contribution in [-0.2, 0) is 0 Å². The highest BCUT2D eigenvalue weighted by molar-refractivity contribution is 5.86. The van der Waals surface area contributed by atoms with Gasteiger partial charge in [-0.1, -0.05) is 48.6 Å². The minimum atomic E-state index is -0.431. The van der Waals surface area contributed by atoms with Gasteiger partial charge < -0.3 is 10.0 Å². The molecule has 0 aliphatic carbocycles. The molecule has 0 saturated carbocycles. The second-order valence-electron chi connectivity index (χ2n) is 6.36. The fourth-order valence-corrected chi connectivity index (χ4v) is 2.72. The minimum absolute atomic E-state index is 0.431. The zero-order valence-corrected chi connectivity index (χ0v) is 14.4. The highest BCUT2D eigenvalue weighted by Crippen LogP contribution is 2.22. The van der Waals surface area contributed by atoms with Crippen molar-refractivity contribution in [1.82, 2.24) is 0 Å². The monoisotopic (exact) mass is 317 g/mol. The highest BCUT2D eigenvalue weighted by Gasteiger charge is 2.02. The van der Waals surface area contributed by atoms with Gasteiger partial charge in [-0.15, -0.1) is 0 Å². The average Bonchev–Trinajstić information content (AvgIpc) is 2.59. The van der Waals surface area contributed by atoms with E-state index < -0.39 is 6.10 Å². The maximum Gasteiger partial charge on any atom is 0.0762 e. The van der Waals surface area contributed by atoms with Crippen LogP contribution in [-0.4, -0.2) is 19.2 Å². The maximum absolute atomic E-state index is 9.69. The Bertz CT molecular complexity index is 861. The lowest BCUT2D eigenvalue weighted by atomic mass is 10.0. The average molecular weight is 317 g/mol. The van der Waals surface area contributed by atoms with E-state index in [1.165, 1.54) is 22.2 Å². The van der Waals surface area contributed by atoms with Gasteiger partial charge in [0.1, 0.15) is 0 Å². The SMILES string of the molecule is CC(O)c1ccc2cc(/C=C/c3ccc(N(C)C)cc3)ccc2c1. The first-order valence-corrected chi connectivity index (χ1v) is 8.20. The Kier molecular flexibility index (Phi) is 4.68. The third-order valence-corrected chi connectivity index (χ3v) is 4.25. The summed E-state index contributed by atoms with van der Waals surface area (Å²) in [5.74, 6) is 0. The molecule has 1 atom stereocenters. The first-order chi connectivity index (χ1) is 11.5. The lowest BCUT2D eigenvalue weighted by Crippen LogP contribution is -2.07. The predicted octanol–water partition coefficient (Wildman–Crippen LogP) is 5.13. The van der Waals surface area contributed by atoms with Crippen molar-refractivity contribution < 1.29 is 5.11 Å². The van der Waals surface area contributed by atoms with Crippen molar-refractivity contribution in [3.63, 3.8) is 0 Å². The fourth-order valence-electron chi connectivity index (χ4n) is 2.72. The summed E-state index contributed by atoms with van der Waals surface area (Å²) < 4.78 is 0. The van der Waals surface area contributed by atoms with Gasteiger partial charge in [-0.3, -0.25) is 0 Å². The summed E-state index contributed by atoms with van der Waals surface area (Å²) >= 11 is 0. The maximum atomic E-state index is 9.69. The predicted molar refractivity (Wildman–Crippen MR) is 104 cm³/mol. The minimum Gasteiger partial charge on any atom is -0.389 e. The van der Waals surface area contributed by atoms with E-state index in [9.17, 15) is 5.11 Å². The molecule has 0 heterocycles. The molecule has 122 valence electrons. The van der Waals surface area contributed by atoms with Crippen LogP contribution in [0.4, 0.5) is 5.69 Å². The fraction of sp³-hybridized carbons (Fsp3) is 0.182. The molecular weight excluding hydrogens is 294 g/mol. The van der Waals surface area contributed by atoms with Crippen LogP contribution < -0.4 is 4.90 Å². The molecule has 0 amide bonds. The number of nitrogens with zero attached hydrogens (tertiary/aromatic N) is 1. The first-order valence-electron chi connectivity index (χ1n) is 8.20. The third kappa shape index (κ3) is 3.66. The molecule has 1 N–H and O–H groups in total. The first kappa shape index (κ1) is 16.3. The second-order valence-corrected chi connectivity index (χ2v) is 6.36. The molecular formula is C22H23NO. The van der Waals surface area contributed by atoms with Gasteiger partial charge in [-0.25, -0.2) is 0 Å². The van der Waals surface area contributed by atoms with Crippen molar-refractivity contribution in [3.05, 3.63) is 77.4 Å². The summed E-state index contributed by atoms with van der Waals surface area (Å²) in [6.45, 7) is 1.79. The van der Waals surface area contributed by atoms with Crippen LogP contribution >= 0.6 is 0 Å². The van der Waals surface area contributed by atoms with Crippen LogP contribution in [0.15, 0.2) is 60.7 Å². The van der Waals surface area contributed by atoms with E-state index in [1.807, 2.05) is 26.2 Å². The van der Waals surface area contributed by atoms with Crippen molar-refractivity contribution >= 4 is 28.6 Å². The molecule has 0 spiro atoms.